The van der Waals surface area contributed by atoms with Crippen LogP contribution in [0.1, 0.15) is 12.5 Å². The van der Waals surface area contributed by atoms with Crippen molar-refractivity contribution in [1.29, 1.82) is 0 Å². The second kappa shape index (κ2) is 7.16. The van der Waals surface area contributed by atoms with Gasteiger partial charge in [0.2, 0.25) is 0 Å². The number of ether oxygens (including phenoxy) is 2. The van der Waals surface area contributed by atoms with Crippen molar-refractivity contribution < 1.29 is 23.0 Å². The van der Waals surface area contributed by atoms with Crippen LogP contribution in [0.4, 0.5) is 8.78 Å². The SMILES string of the molecule is CCOc1cc(OC(F)F)ccc1CC(=O)CCl. The van der Waals surface area contributed by atoms with E-state index in [-0.39, 0.29) is 23.8 Å². The maximum absolute atomic E-state index is 12.1. The lowest BCUT2D eigenvalue weighted by Crippen LogP contribution is -2.07. The maximum Gasteiger partial charge on any atom is 0.387 e. The topological polar surface area (TPSA) is 35.5 Å². The van der Waals surface area contributed by atoms with E-state index in [1.807, 2.05) is 0 Å². The Labute approximate surface area is 109 Å². The highest BCUT2D eigenvalue weighted by atomic mass is 35.5. The second-order valence-corrected chi connectivity index (χ2v) is 3.70. The van der Waals surface area contributed by atoms with Crippen molar-refractivity contribution >= 4 is 17.4 Å². The molecule has 0 saturated carbocycles. The number of rotatable bonds is 7. The minimum absolute atomic E-state index is 0.00415. The summed E-state index contributed by atoms with van der Waals surface area (Å²) in [4.78, 5) is 11.3. The van der Waals surface area contributed by atoms with Gasteiger partial charge in [-0.2, -0.15) is 8.78 Å². The van der Waals surface area contributed by atoms with Crippen molar-refractivity contribution in [1.82, 2.24) is 0 Å². The van der Waals surface area contributed by atoms with Crippen LogP contribution in [0.2, 0.25) is 0 Å². The van der Waals surface area contributed by atoms with E-state index in [1.165, 1.54) is 18.2 Å². The summed E-state index contributed by atoms with van der Waals surface area (Å²) in [5.41, 5.74) is 0.601. The molecular weight excluding hydrogens is 266 g/mol. The smallest absolute Gasteiger partial charge is 0.387 e. The zero-order chi connectivity index (χ0) is 13.5. The van der Waals surface area contributed by atoms with Crippen LogP contribution in [0.25, 0.3) is 0 Å². The Morgan fingerprint density at radius 3 is 2.72 bits per heavy atom. The van der Waals surface area contributed by atoms with Gasteiger partial charge in [-0.1, -0.05) is 6.07 Å². The summed E-state index contributed by atoms with van der Waals surface area (Å²) >= 11 is 5.42. The van der Waals surface area contributed by atoms with Crippen LogP contribution in [0.15, 0.2) is 18.2 Å². The fourth-order valence-electron chi connectivity index (χ4n) is 1.41. The third-order valence-electron chi connectivity index (χ3n) is 2.10. The number of hydrogen-bond donors (Lipinski definition) is 0. The Kier molecular flexibility index (Phi) is 5.85. The van der Waals surface area contributed by atoms with E-state index >= 15 is 0 Å². The number of carbonyl (C=O) groups excluding carboxylic acids is 1. The lowest BCUT2D eigenvalue weighted by molar-refractivity contribution is -0.116. The quantitative estimate of drug-likeness (QED) is 0.719. The first-order valence-electron chi connectivity index (χ1n) is 5.35. The predicted molar refractivity (Wildman–Crippen MR) is 63.7 cm³/mol. The Balaban J connectivity index is 2.92. The highest BCUT2D eigenvalue weighted by Crippen LogP contribution is 2.26. The standard InChI is InChI=1S/C12H13ClF2O3/c1-2-17-11-6-10(18-12(14)15)4-3-8(11)5-9(16)7-13/h3-4,6,12H,2,5,7H2,1H3. The van der Waals surface area contributed by atoms with Gasteiger partial charge in [-0.15, -0.1) is 11.6 Å². The molecule has 18 heavy (non-hydrogen) atoms. The molecule has 0 fully saturated rings. The lowest BCUT2D eigenvalue weighted by atomic mass is 10.1. The number of benzene rings is 1. The summed E-state index contributed by atoms with van der Waals surface area (Å²) in [5.74, 6) is 0.0886. The number of halogens is 3. The first-order chi connectivity index (χ1) is 8.56. The van der Waals surface area contributed by atoms with Crippen LogP contribution < -0.4 is 9.47 Å². The van der Waals surface area contributed by atoms with Gasteiger partial charge >= 0.3 is 6.61 Å². The average Bonchev–Trinajstić information content (AvgIpc) is 2.32. The molecule has 0 aliphatic heterocycles. The van der Waals surface area contributed by atoms with E-state index in [0.717, 1.165) is 0 Å². The Morgan fingerprint density at radius 2 is 2.17 bits per heavy atom. The number of alkyl halides is 3. The molecule has 0 unspecified atom stereocenters. The fraction of sp³-hybridized carbons (Fsp3) is 0.417. The van der Waals surface area contributed by atoms with Gasteiger partial charge < -0.3 is 9.47 Å². The highest BCUT2D eigenvalue weighted by Gasteiger charge is 2.12. The Hall–Kier alpha value is -1.36. The van der Waals surface area contributed by atoms with Crippen molar-refractivity contribution in [2.24, 2.45) is 0 Å². The third-order valence-corrected chi connectivity index (χ3v) is 2.40. The first kappa shape index (κ1) is 14.7. The summed E-state index contributed by atoms with van der Waals surface area (Å²) in [6, 6.07) is 4.23. The molecule has 100 valence electrons. The van der Waals surface area contributed by atoms with Crippen LogP contribution in [0, 0.1) is 0 Å². The van der Waals surface area contributed by atoms with Gasteiger partial charge in [0.15, 0.2) is 5.78 Å². The van der Waals surface area contributed by atoms with Crippen molar-refractivity contribution in [2.45, 2.75) is 20.0 Å². The molecule has 0 atom stereocenters. The number of Topliss-reactive ketones (excluding diaryl/α,β-unsaturated/α-hetero) is 1. The molecule has 0 aliphatic rings. The van der Waals surface area contributed by atoms with Crippen molar-refractivity contribution in [3.63, 3.8) is 0 Å². The van der Waals surface area contributed by atoms with Crippen molar-refractivity contribution in [3.8, 4) is 11.5 Å². The second-order valence-electron chi connectivity index (χ2n) is 3.43. The first-order valence-corrected chi connectivity index (χ1v) is 5.88. The summed E-state index contributed by atoms with van der Waals surface area (Å²) in [7, 11) is 0. The molecule has 0 spiro atoms. The van der Waals surface area contributed by atoms with Crippen molar-refractivity contribution in [3.05, 3.63) is 23.8 Å². The predicted octanol–water partition coefficient (Wildman–Crippen LogP) is 3.04. The average molecular weight is 279 g/mol. The van der Waals surface area contributed by atoms with E-state index in [9.17, 15) is 13.6 Å². The molecule has 0 heterocycles. The molecule has 1 aromatic carbocycles. The van der Waals surface area contributed by atoms with E-state index in [4.69, 9.17) is 16.3 Å². The largest absolute Gasteiger partial charge is 0.493 e. The van der Waals surface area contributed by atoms with Crippen LogP contribution in [-0.2, 0) is 11.2 Å². The molecule has 6 heteroatoms. The van der Waals surface area contributed by atoms with E-state index < -0.39 is 6.61 Å². The minimum Gasteiger partial charge on any atom is -0.493 e. The molecule has 0 aromatic heterocycles. The Morgan fingerprint density at radius 1 is 1.44 bits per heavy atom. The fourth-order valence-corrected chi connectivity index (χ4v) is 1.50. The van der Waals surface area contributed by atoms with Crippen LogP contribution in [-0.4, -0.2) is 24.9 Å². The summed E-state index contributed by atoms with van der Waals surface area (Å²) in [5, 5.41) is 0. The third kappa shape index (κ3) is 4.49. The van der Waals surface area contributed by atoms with Gasteiger partial charge in [0, 0.05) is 18.1 Å². The minimum atomic E-state index is -2.89. The zero-order valence-corrected chi connectivity index (χ0v) is 10.5. The van der Waals surface area contributed by atoms with Crippen molar-refractivity contribution in [2.75, 3.05) is 12.5 Å². The number of hydrogen-bond acceptors (Lipinski definition) is 3. The van der Waals surface area contributed by atoms with Crippen LogP contribution >= 0.6 is 11.6 Å². The molecule has 0 N–H and O–H groups in total. The lowest BCUT2D eigenvalue weighted by Gasteiger charge is -2.12. The van der Waals surface area contributed by atoms with Gasteiger partial charge in [0.05, 0.1) is 12.5 Å². The summed E-state index contributed by atoms with van der Waals surface area (Å²) in [6.07, 6.45) is 0.105. The van der Waals surface area contributed by atoms with E-state index in [1.54, 1.807) is 6.92 Å². The molecule has 0 amide bonds. The molecule has 0 bridgehead atoms. The van der Waals surface area contributed by atoms with Gasteiger partial charge in [0.25, 0.3) is 0 Å². The highest BCUT2D eigenvalue weighted by molar-refractivity contribution is 6.27. The zero-order valence-electron chi connectivity index (χ0n) is 9.79. The molecule has 0 saturated heterocycles. The van der Waals surface area contributed by atoms with Gasteiger partial charge in [0.1, 0.15) is 11.5 Å². The Bertz CT molecular complexity index is 410. The summed E-state index contributed by atoms with van der Waals surface area (Å²) in [6.45, 7) is -0.775. The molecule has 0 radical (unpaired) electrons. The number of carbonyl (C=O) groups is 1. The van der Waals surface area contributed by atoms with Gasteiger partial charge in [-0.25, -0.2) is 0 Å². The molecule has 1 aromatic rings. The molecule has 1 rings (SSSR count). The normalized spacial score (nSPS) is 10.5. The maximum atomic E-state index is 12.1. The van der Waals surface area contributed by atoms with Crippen LogP contribution in [0.5, 0.6) is 11.5 Å². The van der Waals surface area contributed by atoms with Gasteiger partial charge in [-0.05, 0) is 13.0 Å². The molecular formula is C12H13ClF2O3. The monoisotopic (exact) mass is 278 g/mol. The van der Waals surface area contributed by atoms with Gasteiger partial charge in [-0.3, -0.25) is 4.79 Å². The molecule has 3 nitrogen and oxygen atoms in total. The molecule has 0 aliphatic carbocycles. The van der Waals surface area contributed by atoms with E-state index in [0.29, 0.717) is 17.9 Å². The number of ketones is 1. The summed E-state index contributed by atoms with van der Waals surface area (Å²) < 4.78 is 33.7. The van der Waals surface area contributed by atoms with E-state index in [2.05, 4.69) is 4.74 Å². The van der Waals surface area contributed by atoms with Crippen LogP contribution in [0.3, 0.4) is 0 Å².